The molecule has 78 valence electrons. The maximum atomic E-state index is 9.50. The number of benzene rings is 1. The molecule has 1 atom stereocenters. The van der Waals surface area contributed by atoms with E-state index in [-0.39, 0.29) is 0 Å². The molecule has 0 bridgehead atoms. The lowest BCUT2D eigenvalue weighted by Gasteiger charge is -2.13. The van der Waals surface area contributed by atoms with Gasteiger partial charge in [-0.3, -0.25) is 0 Å². The first-order chi connectivity index (χ1) is 6.60. The summed E-state index contributed by atoms with van der Waals surface area (Å²) in [5, 5.41) is 9.50. The van der Waals surface area contributed by atoms with Crippen LogP contribution >= 0.6 is 15.9 Å². The van der Waals surface area contributed by atoms with E-state index in [1.54, 1.807) is 33.3 Å². The molecule has 1 aromatic rings. The van der Waals surface area contributed by atoms with Crippen molar-refractivity contribution in [3.63, 3.8) is 0 Å². The fraction of sp³-hybridized carbons (Fsp3) is 0.400. The Balaban J connectivity index is 3.27. The van der Waals surface area contributed by atoms with Gasteiger partial charge in [-0.2, -0.15) is 0 Å². The molecule has 1 unspecified atom stereocenters. The molecule has 4 heteroatoms. The average molecular weight is 261 g/mol. The van der Waals surface area contributed by atoms with Crippen LogP contribution < -0.4 is 9.47 Å². The number of hydrogen-bond acceptors (Lipinski definition) is 3. The third-order valence-electron chi connectivity index (χ3n) is 1.95. The summed E-state index contributed by atoms with van der Waals surface area (Å²) in [7, 11) is 3.15. The molecule has 0 aliphatic heterocycles. The Kier molecular flexibility index (Phi) is 3.77. The highest BCUT2D eigenvalue weighted by atomic mass is 79.9. The topological polar surface area (TPSA) is 38.7 Å². The van der Waals surface area contributed by atoms with Gasteiger partial charge in [-0.05, 0) is 28.9 Å². The van der Waals surface area contributed by atoms with E-state index in [2.05, 4.69) is 15.9 Å². The number of hydrogen-bond donors (Lipinski definition) is 1. The van der Waals surface area contributed by atoms with Gasteiger partial charge in [0.25, 0.3) is 0 Å². The van der Waals surface area contributed by atoms with Crippen molar-refractivity contribution < 1.29 is 14.6 Å². The zero-order valence-corrected chi connectivity index (χ0v) is 9.96. The lowest BCUT2D eigenvalue weighted by Crippen LogP contribution is -1.97. The van der Waals surface area contributed by atoms with E-state index in [1.807, 2.05) is 0 Å². The van der Waals surface area contributed by atoms with E-state index in [4.69, 9.17) is 9.47 Å². The lowest BCUT2D eigenvalue weighted by molar-refractivity contribution is 0.197. The maximum Gasteiger partial charge on any atom is 0.137 e. The van der Waals surface area contributed by atoms with E-state index in [1.165, 1.54) is 0 Å². The molecule has 1 N–H and O–H groups in total. The minimum Gasteiger partial charge on any atom is -0.497 e. The predicted octanol–water partition coefficient (Wildman–Crippen LogP) is 2.52. The average Bonchev–Trinajstić information content (AvgIpc) is 2.17. The zero-order valence-electron chi connectivity index (χ0n) is 8.37. The summed E-state index contributed by atoms with van der Waals surface area (Å²) in [4.78, 5) is 0. The molecule has 0 spiro atoms. The van der Waals surface area contributed by atoms with E-state index < -0.39 is 6.10 Å². The molecule has 1 rings (SSSR count). The van der Waals surface area contributed by atoms with Gasteiger partial charge in [0.15, 0.2) is 0 Å². The van der Waals surface area contributed by atoms with Crippen molar-refractivity contribution in [2.24, 2.45) is 0 Å². The Bertz CT molecular complexity index is 323. The van der Waals surface area contributed by atoms with Gasteiger partial charge < -0.3 is 14.6 Å². The summed E-state index contributed by atoms with van der Waals surface area (Å²) < 4.78 is 11.0. The summed E-state index contributed by atoms with van der Waals surface area (Å²) in [6.45, 7) is 1.69. The highest BCUT2D eigenvalue weighted by Gasteiger charge is 2.13. The van der Waals surface area contributed by atoms with Crippen LogP contribution in [-0.2, 0) is 0 Å². The smallest absolute Gasteiger partial charge is 0.137 e. The molecule has 14 heavy (non-hydrogen) atoms. The van der Waals surface area contributed by atoms with Gasteiger partial charge >= 0.3 is 0 Å². The number of methoxy groups -OCH3 is 2. The normalized spacial score (nSPS) is 12.4. The van der Waals surface area contributed by atoms with E-state index >= 15 is 0 Å². The first-order valence-electron chi connectivity index (χ1n) is 4.19. The van der Waals surface area contributed by atoms with Crippen LogP contribution in [0.15, 0.2) is 16.6 Å². The number of ether oxygens (including phenoxy) is 2. The Morgan fingerprint density at radius 3 is 2.36 bits per heavy atom. The molecule has 0 heterocycles. The molecule has 0 fully saturated rings. The van der Waals surface area contributed by atoms with E-state index in [9.17, 15) is 5.11 Å². The zero-order chi connectivity index (χ0) is 10.7. The third kappa shape index (κ3) is 2.19. The van der Waals surface area contributed by atoms with Crippen molar-refractivity contribution in [2.75, 3.05) is 14.2 Å². The van der Waals surface area contributed by atoms with Gasteiger partial charge in [-0.15, -0.1) is 0 Å². The Morgan fingerprint density at radius 1 is 1.29 bits per heavy atom. The molecule has 0 saturated carbocycles. The summed E-state index contributed by atoms with van der Waals surface area (Å²) in [5.74, 6) is 1.32. The standard InChI is InChI=1S/C10H13BrO3/c1-6(12)8-4-7(13-2)5-9(14-3)10(8)11/h4-6,12H,1-3H3. The van der Waals surface area contributed by atoms with Gasteiger partial charge in [0.1, 0.15) is 11.5 Å². The quantitative estimate of drug-likeness (QED) is 0.908. The Morgan fingerprint density at radius 2 is 1.93 bits per heavy atom. The number of rotatable bonds is 3. The third-order valence-corrected chi connectivity index (χ3v) is 2.80. The van der Waals surface area contributed by atoms with Crippen LogP contribution in [0.25, 0.3) is 0 Å². The molecule has 0 amide bonds. The van der Waals surface area contributed by atoms with Crippen LogP contribution in [-0.4, -0.2) is 19.3 Å². The van der Waals surface area contributed by atoms with Gasteiger partial charge in [0, 0.05) is 11.6 Å². The van der Waals surface area contributed by atoms with Crippen LogP contribution in [0, 0.1) is 0 Å². The second-order valence-corrected chi connectivity index (χ2v) is 3.70. The lowest BCUT2D eigenvalue weighted by atomic mass is 10.1. The summed E-state index contributed by atoms with van der Waals surface area (Å²) >= 11 is 3.36. The molecule has 3 nitrogen and oxygen atoms in total. The van der Waals surface area contributed by atoms with Crippen molar-refractivity contribution in [3.8, 4) is 11.5 Å². The van der Waals surface area contributed by atoms with Crippen LogP contribution in [0.4, 0.5) is 0 Å². The molecular formula is C10H13BrO3. The van der Waals surface area contributed by atoms with E-state index in [0.29, 0.717) is 11.5 Å². The maximum absolute atomic E-state index is 9.50. The summed E-state index contributed by atoms with van der Waals surface area (Å²) in [6, 6.07) is 3.53. The van der Waals surface area contributed by atoms with Crippen molar-refractivity contribution in [3.05, 3.63) is 22.2 Å². The highest BCUT2D eigenvalue weighted by Crippen LogP contribution is 2.36. The molecule has 0 aliphatic carbocycles. The second kappa shape index (κ2) is 4.66. The Labute approximate surface area is 91.8 Å². The monoisotopic (exact) mass is 260 g/mol. The van der Waals surface area contributed by atoms with Crippen LogP contribution in [0.5, 0.6) is 11.5 Å². The van der Waals surface area contributed by atoms with Crippen LogP contribution in [0.3, 0.4) is 0 Å². The van der Waals surface area contributed by atoms with Crippen LogP contribution in [0.2, 0.25) is 0 Å². The van der Waals surface area contributed by atoms with Crippen LogP contribution in [0.1, 0.15) is 18.6 Å². The van der Waals surface area contributed by atoms with Gasteiger partial charge in [0.2, 0.25) is 0 Å². The van der Waals surface area contributed by atoms with Gasteiger partial charge in [-0.1, -0.05) is 0 Å². The summed E-state index contributed by atoms with van der Waals surface area (Å²) in [6.07, 6.45) is -0.562. The molecule has 0 aromatic heterocycles. The highest BCUT2D eigenvalue weighted by molar-refractivity contribution is 9.10. The number of aliphatic hydroxyl groups is 1. The Hall–Kier alpha value is -0.740. The van der Waals surface area contributed by atoms with E-state index in [0.717, 1.165) is 10.0 Å². The van der Waals surface area contributed by atoms with Gasteiger partial charge in [-0.25, -0.2) is 0 Å². The minimum absolute atomic E-state index is 0.562. The second-order valence-electron chi connectivity index (χ2n) is 2.91. The van der Waals surface area contributed by atoms with Crippen molar-refractivity contribution in [1.29, 1.82) is 0 Å². The predicted molar refractivity (Wildman–Crippen MR) is 57.9 cm³/mol. The fourth-order valence-electron chi connectivity index (χ4n) is 1.16. The molecule has 0 saturated heterocycles. The minimum atomic E-state index is -0.562. The number of aliphatic hydroxyl groups excluding tert-OH is 1. The molecule has 0 aliphatic rings. The first kappa shape index (κ1) is 11.3. The van der Waals surface area contributed by atoms with Gasteiger partial charge in [0.05, 0.1) is 24.8 Å². The largest absolute Gasteiger partial charge is 0.497 e. The fourth-order valence-corrected chi connectivity index (χ4v) is 1.89. The van der Waals surface area contributed by atoms with Crippen molar-refractivity contribution in [1.82, 2.24) is 0 Å². The van der Waals surface area contributed by atoms with Crippen molar-refractivity contribution >= 4 is 15.9 Å². The molecule has 0 radical (unpaired) electrons. The number of halogens is 1. The van der Waals surface area contributed by atoms with Crippen molar-refractivity contribution in [2.45, 2.75) is 13.0 Å². The SMILES string of the molecule is COc1cc(OC)c(Br)c(C(C)O)c1. The molecule has 1 aromatic carbocycles. The summed E-state index contributed by atoms with van der Waals surface area (Å²) in [5.41, 5.74) is 0.751. The molecular weight excluding hydrogens is 248 g/mol. The first-order valence-corrected chi connectivity index (χ1v) is 4.99.